The van der Waals surface area contributed by atoms with Crippen LogP contribution in [0.1, 0.15) is 5.56 Å². The smallest absolute Gasteiger partial charge is 0.387 e. The normalized spacial score (nSPS) is 10.4. The molecule has 0 bridgehead atoms. The van der Waals surface area contributed by atoms with Gasteiger partial charge < -0.3 is 9.47 Å². The van der Waals surface area contributed by atoms with E-state index in [2.05, 4.69) is 16.1 Å². The zero-order valence-electron chi connectivity index (χ0n) is 9.88. The lowest BCUT2D eigenvalue weighted by Gasteiger charge is -2.10. The summed E-state index contributed by atoms with van der Waals surface area (Å²) in [5.41, 5.74) is 0.375. The third kappa shape index (κ3) is 4.17. The largest absolute Gasteiger partial charge is 0.466 e. The number of rotatable bonds is 5. The molecule has 7 heteroatoms. The van der Waals surface area contributed by atoms with Gasteiger partial charge >= 0.3 is 12.6 Å². The Hall–Kier alpha value is -1.69. The first kappa shape index (κ1) is 15.4. The van der Waals surface area contributed by atoms with E-state index in [1.165, 1.54) is 13.2 Å². The highest BCUT2D eigenvalue weighted by Gasteiger charge is 2.17. The first-order valence-corrected chi connectivity index (χ1v) is 5.41. The summed E-state index contributed by atoms with van der Waals surface area (Å²) in [5.74, 6) is -2.42. The van der Waals surface area contributed by atoms with Crippen LogP contribution in [0, 0.1) is 5.82 Å². The molecule has 0 saturated heterocycles. The van der Waals surface area contributed by atoms with E-state index in [1.54, 1.807) is 0 Å². The summed E-state index contributed by atoms with van der Waals surface area (Å²) in [5, 5.41) is -0.312. The van der Waals surface area contributed by atoms with Crippen molar-refractivity contribution in [2.24, 2.45) is 0 Å². The molecule has 1 aromatic carbocycles. The van der Waals surface area contributed by atoms with Crippen LogP contribution in [-0.4, -0.2) is 19.7 Å². The molecule has 0 aliphatic heterocycles. The van der Waals surface area contributed by atoms with Gasteiger partial charge in [0.15, 0.2) is 11.6 Å². The average Bonchev–Trinajstić information content (AvgIpc) is 2.32. The molecular weight excluding hydrogens is 285 g/mol. The second-order valence-corrected chi connectivity index (χ2v) is 3.95. The van der Waals surface area contributed by atoms with Gasteiger partial charge in [-0.2, -0.15) is 8.78 Å². The number of alkyl halides is 2. The van der Waals surface area contributed by atoms with E-state index in [1.807, 2.05) is 0 Å². The minimum Gasteiger partial charge on any atom is -0.466 e. The third-order valence-electron chi connectivity index (χ3n) is 2.16. The van der Waals surface area contributed by atoms with Crippen molar-refractivity contribution in [3.63, 3.8) is 0 Å². The summed E-state index contributed by atoms with van der Waals surface area (Å²) in [6, 6.07) is 2.16. The molecule has 1 rings (SSSR count). The Balaban J connectivity index is 2.95. The van der Waals surface area contributed by atoms with Gasteiger partial charge in [0, 0.05) is 12.0 Å². The molecule has 3 nitrogen and oxygen atoms in total. The first-order valence-electron chi connectivity index (χ1n) is 5.04. The maximum atomic E-state index is 13.5. The molecule has 0 atom stereocenters. The number of esters is 1. The number of ether oxygens (including phenoxy) is 2. The van der Waals surface area contributed by atoms with Crippen molar-refractivity contribution >= 4 is 17.6 Å². The zero-order chi connectivity index (χ0) is 14.6. The molecule has 0 aliphatic carbocycles. The third-order valence-corrected chi connectivity index (χ3v) is 2.44. The topological polar surface area (TPSA) is 35.5 Å². The van der Waals surface area contributed by atoms with Crippen LogP contribution in [0.15, 0.2) is 24.3 Å². The van der Waals surface area contributed by atoms with Crippen molar-refractivity contribution in [3.05, 3.63) is 40.7 Å². The molecular formula is C12H10ClF3O3. The van der Waals surface area contributed by atoms with E-state index in [0.717, 1.165) is 6.07 Å². The van der Waals surface area contributed by atoms with Crippen LogP contribution in [0.5, 0.6) is 5.75 Å². The Kier molecular flexibility index (Phi) is 5.23. The van der Waals surface area contributed by atoms with Gasteiger partial charge in [-0.15, -0.1) is 0 Å². The number of methoxy groups -OCH3 is 1. The summed E-state index contributed by atoms with van der Waals surface area (Å²) in [4.78, 5) is 11.1. The first-order chi connectivity index (χ1) is 8.85. The highest BCUT2D eigenvalue weighted by atomic mass is 35.5. The van der Waals surface area contributed by atoms with Gasteiger partial charge in [0.2, 0.25) is 0 Å². The molecule has 0 aliphatic rings. The molecule has 0 unspecified atom stereocenters. The Morgan fingerprint density at radius 2 is 2.11 bits per heavy atom. The number of halogens is 4. The number of carbonyl (C=O) groups excluding carboxylic acids is 1. The lowest BCUT2D eigenvalue weighted by atomic mass is 10.1. The SMILES string of the molecule is C=C(Cc1cc(F)c(OC(F)F)c(Cl)c1)C(=O)OC. The van der Waals surface area contributed by atoms with Crippen molar-refractivity contribution in [2.75, 3.05) is 7.11 Å². The van der Waals surface area contributed by atoms with Crippen molar-refractivity contribution < 1.29 is 27.4 Å². The molecule has 0 heterocycles. The van der Waals surface area contributed by atoms with Crippen LogP contribution in [0.4, 0.5) is 13.2 Å². The Morgan fingerprint density at radius 1 is 1.47 bits per heavy atom. The molecule has 19 heavy (non-hydrogen) atoms. The summed E-state index contributed by atoms with van der Waals surface area (Å²) >= 11 is 5.63. The monoisotopic (exact) mass is 294 g/mol. The number of hydrogen-bond acceptors (Lipinski definition) is 3. The second kappa shape index (κ2) is 6.47. The molecule has 0 N–H and O–H groups in total. The van der Waals surface area contributed by atoms with Gasteiger partial charge in [-0.3, -0.25) is 0 Å². The molecule has 0 fully saturated rings. The predicted molar refractivity (Wildman–Crippen MR) is 62.9 cm³/mol. The van der Waals surface area contributed by atoms with E-state index < -0.39 is 24.1 Å². The van der Waals surface area contributed by atoms with E-state index >= 15 is 0 Å². The fourth-order valence-electron chi connectivity index (χ4n) is 1.38. The predicted octanol–water partition coefficient (Wildman–Crippen LogP) is 3.35. The Bertz CT molecular complexity index is 480. The van der Waals surface area contributed by atoms with Gasteiger partial charge in [0.25, 0.3) is 0 Å². The van der Waals surface area contributed by atoms with Crippen molar-refractivity contribution in [3.8, 4) is 5.75 Å². The van der Waals surface area contributed by atoms with Crippen molar-refractivity contribution in [2.45, 2.75) is 13.0 Å². The lowest BCUT2D eigenvalue weighted by Crippen LogP contribution is -2.07. The summed E-state index contributed by atoms with van der Waals surface area (Å²) < 4.78 is 45.9. The van der Waals surface area contributed by atoms with Gasteiger partial charge in [-0.25, -0.2) is 9.18 Å². The highest BCUT2D eigenvalue weighted by Crippen LogP contribution is 2.31. The minimum atomic E-state index is -3.18. The molecule has 1 aromatic rings. The Morgan fingerprint density at radius 3 is 2.58 bits per heavy atom. The molecule has 0 amide bonds. The Labute approximate surface area is 112 Å². The lowest BCUT2D eigenvalue weighted by molar-refractivity contribution is -0.136. The summed E-state index contributed by atoms with van der Waals surface area (Å²) in [7, 11) is 1.18. The number of carbonyl (C=O) groups is 1. The average molecular weight is 295 g/mol. The van der Waals surface area contributed by atoms with Crippen LogP contribution in [0.3, 0.4) is 0 Å². The van der Waals surface area contributed by atoms with Crippen LogP contribution in [0.2, 0.25) is 5.02 Å². The molecule has 104 valence electrons. The summed E-state index contributed by atoms with van der Waals surface area (Å²) in [6.07, 6.45) is -0.0156. The van der Waals surface area contributed by atoms with E-state index in [0.29, 0.717) is 5.56 Å². The van der Waals surface area contributed by atoms with E-state index in [9.17, 15) is 18.0 Å². The fourth-order valence-corrected chi connectivity index (χ4v) is 1.65. The summed E-state index contributed by atoms with van der Waals surface area (Å²) in [6.45, 7) is 0.282. The zero-order valence-corrected chi connectivity index (χ0v) is 10.6. The van der Waals surface area contributed by atoms with Crippen molar-refractivity contribution in [1.82, 2.24) is 0 Å². The standard InChI is InChI=1S/C12H10ClF3O3/c1-6(11(17)18-2)3-7-4-8(13)10(9(14)5-7)19-12(15)16/h4-5,12H,1,3H2,2H3. The van der Waals surface area contributed by atoms with Gasteiger partial charge in [-0.1, -0.05) is 18.2 Å². The highest BCUT2D eigenvalue weighted by molar-refractivity contribution is 6.32. The van der Waals surface area contributed by atoms with Gasteiger partial charge in [-0.05, 0) is 17.7 Å². The van der Waals surface area contributed by atoms with Crippen LogP contribution in [-0.2, 0) is 16.0 Å². The van der Waals surface area contributed by atoms with E-state index in [4.69, 9.17) is 11.6 Å². The maximum absolute atomic E-state index is 13.5. The number of hydrogen-bond donors (Lipinski definition) is 0. The van der Waals surface area contributed by atoms with Crippen LogP contribution >= 0.6 is 11.6 Å². The number of benzene rings is 1. The molecule has 0 radical (unpaired) electrons. The molecule has 0 spiro atoms. The van der Waals surface area contributed by atoms with E-state index in [-0.39, 0.29) is 17.0 Å². The maximum Gasteiger partial charge on any atom is 0.387 e. The van der Waals surface area contributed by atoms with Gasteiger partial charge in [0.1, 0.15) is 0 Å². The van der Waals surface area contributed by atoms with Gasteiger partial charge in [0.05, 0.1) is 12.1 Å². The quantitative estimate of drug-likeness (QED) is 0.617. The minimum absolute atomic E-state index is 0.0156. The molecule has 0 aromatic heterocycles. The second-order valence-electron chi connectivity index (χ2n) is 3.54. The van der Waals surface area contributed by atoms with Crippen molar-refractivity contribution in [1.29, 1.82) is 0 Å². The van der Waals surface area contributed by atoms with Crippen LogP contribution in [0.25, 0.3) is 0 Å². The molecule has 0 saturated carbocycles. The fraction of sp³-hybridized carbons (Fsp3) is 0.250. The van der Waals surface area contributed by atoms with Crippen LogP contribution < -0.4 is 4.74 Å².